The van der Waals surface area contributed by atoms with Crippen LogP contribution in [0.1, 0.15) is 12.5 Å². The lowest BCUT2D eigenvalue weighted by Crippen LogP contribution is -2.19. The number of anilines is 3. The number of rotatable bonds is 5. The molecule has 7 heteroatoms. The zero-order chi connectivity index (χ0) is 21.9. The molecule has 2 aromatic heterocycles. The second kappa shape index (κ2) is 8.55. The van der Waals surface area contributed by atoms with Gasteiger partial charge in [-0.2, -0.15) is 5.10 Å². The lowest BCUT2D eigenvalue weighted by molar-refractivity contribution is 0.262. The maximum Gasteiger partial charge on any atom is 0.323 e. The van der Waals surface area contributed by atoms with Crippen LogP contribution in [-0.4, -0.2) is 27.3 Å². The maximum absolute atomic E-state index is 12.3. The number of hydrogen-bond acceptors (Lipinski definition) is 4. The number of hydrogen-bond donors (Lipinski definition) is 3. The van der Waals surface area contributed by atoms with Crippen molar-refractivity contribution in [2.75, 3.05) is 22.5 Å². The van der Waals surface area contributed by atoms with Gasteiger partial charge in [0.15, 0.2) is 0 Å². The molecule has 0 bridgehead atoms. The first-order valence-corrected chi connectivity index (χ1v) is 10.7. The minimum absolute atomic E-state index is 0.278. The highest BCUT2D eigenvalue weighted by Gasteiger charge is 2.21. The average molecular weight is 425 g/mol. The zero-order valence-electron chi connectivity index (χ0n) is 17.8. The van der Waals surface area contributed by atoms with Gasteiger partial charge in [0.1, 0.15) is 11.5 Å². The van der Waals surface area contributed by atoms with E-state index in [0.717, 1.165) is 47.8 Å². The molecular formula is C25H24N6O. The number of carbonyl (C=O) groups is 1. The molecule has 1 aliphatic heterocycles. The van der Waals surface area contributed by atoms with Crippen LogP contribution in [0.25, 0.3) is 22.4 Å². The van der Waals surface area contributed by atoms with E-state index in [9.17, 15) is 4.79 Å². The standard InChI is InChI=1S/C25H24N6O/c1-2-31-16-22(20-12-14-26-24-21(20)13-15-27-24)23(30-31)17-8-10-19(11-9-17)29-25(32)28-18-6-4-3-5-7-18/h3-12,14,16H,2,13,15H2,1H3,(H,26,27)(H2,28,29,32). The monoisotopic (exact) mass is 424 g/mol. The van der Waals surface area contributed by atoms with Crippen molar-refractivity contribution in [3.05, 3.63) is 78.6 Å². The summed E-state index contributed by atoms with van der Waals surface area (Å²) < 4.78 is 1.96. The molecule has 1 aliphatic rings. The molecule has 4 aromatic rings. The number of aromatic nitrogens is 3. The van der Waals surface area contributed by atoms with Crippen molar-refractivity contribution in [3.63, 3.8) is 0 Å². The smallest absolute Gasteiger partial charge is 0.323 e. The summed E-state index contributed by atoms with van der Waals surface area (Å²) >= 11 is 0. The maximum atomic E-state index is 12.3. The Kier molecular flexibility index (Phi) is 5.29. The first-order chi connectivity index (χ1) is 15.7. The molecule has 3 heterocycles. The highest BCUT2D eigenvalue weighted by molar-refractivity contribution is 6.00. The third-order valence-electron chi connectivity index (χ3n) is 5.55. The summed E-state index contributed by atoms with van der Waals surface area (Å²) in [7, 11) is 0. The number of carbonyl (C=O) groups excluding carboxylic acids is 1. The van der Waals surface area contributed by atoms with Crippen LogP contribution in [0.4, 0.5) is 22.0 Å². The van der Waals surface area contributed by atoms with Gasteiger partial charge >= 0.3 is 6.03 Å². The van der Waals surface area contributed by atoms with E-state index >= 15 is 0 Å². The molecule has 7 nitrogen and oxygen atoms in total. The first-order valence-electron chi connectivity index (χ1n) is 10.7. The zero-order valence-corrected chi connectivity index (χ0v) is 17.8. The number of benzene rings is 2. The predicted molar refractivity (Wildman–Crippen MR) is 128 cm³/mol. The van der Waals surface area contributed by atoms with E-state index in [-0.39, 0.29) is 6.03 Å². The molecule has 0 unspecified atom stereocenters. The van der Waals surface area contributed by atoms with Crippen LogP contribution in [0.5, 0.6) is 0 Å². The Bertz CT molecular complexity index is 1250. The summed E-state index contributed by atoms with van der Waals surface area (Å²) in [5.74, 6) is 0.960. The molecule has 0 radical (unpaired) electrons. The predicted octanol–water partition coefficient (Wildman–Crippen LogP) is 5.24. The number of nitrogens with zero attached hydrogens (tertiary/aromatic N) is 3. The van der Waals surface area contributed by atoms with Gasteiger partial charge in [0.05, 0.1) is 0 Å². The number of nitrogens with one attached hydrogen (secondary N) is 3. The van der Waals surface area contributed by atoms with Gasteiger partial charge in [0, 0.05) is 53.5 Å². The van der Waals surface area contributed by atoms with Gasteiger partial charge in [-0.15, -0.1) is 0 Å². The Morgan fingerprint density at radius 2 is 1.75 bits per heavy atom. The van der Waals surface area contributed by atoms with Crippen molar-refractivity contribution in [2.24, 2.45) is 0 Å². The van der Waals surface area contributed by atoms with Crippen LogP contribution >= 0.6 is 0 Å². The lowest BCUT2D eigenvalue weighted by Gasteiger charge is -2.09. The van der Waals surface area contributed by atoms with Crippen LogP contribution < -0.4 is 16.0 Å². The number of amides is 2. The summed E-state index contributed by atoms with van der Waals surface area (Å²) in [6.07, 6.45) is 4.90. The molecule has 5 rings (SSSR count). The minimum atomic E-state index is -0.278. The van der Waals surface area contributed by atoms with Gasteiger partial charge in [0.25, 0.3) is 0 Å². The number of fused-ring (bicyclic) bond motifs is 1. The molecule has 0 saturated heterocycles. The van der Waals surface area contributed by atoms with Crippen LogP contribution in [0.2, 0.25) is 0 Å². The third kappa shape index (κ3) is 3.92. The number of para-hydroxylation sites is 1. The number of urea groups is 1. The average Bonchev–Trinajstić information content (AvgIpc) is 3.47. The highest BCUT2D eigenvalue weighted by Crippen LogP contribution is 2.37. The van der Waals surface area contributed by atoms with Crippen LogP contribution in [0, 0.1) is 0 Å². The van der Waals surface area contributed by atoms with Crippen molar-refractivity contribution in [1.29, 1.82) is 0 Å². The first kappa shape index (κ1) is 19.8. The van der Waals surface area contributed by atoms with Gasteiger partial charge in [-0.05, 0) is 49.2 Å². The largest absolute Gasteiger partial charge is 0.369 e. The van der Waals surface area contributed by atoms with Crippen LogP contribution in [0.3, 0.4) is 0 Å². The van der Waals surface area contributed by atoms with Crippen molar-refractivity contribution < 1.29 is 4.79 Å². The molecule has 2 aromatic carbocycles. The second-order valence-corrected chi connectivity index (χ2v) is 7.63. The fourth-order valence-electron chi connectivity index (χ4n) is 3.98. The fraction of sp³-hybridized carbons (Fsp3) is 0.160. The summed E-state index contributed by atoms with van der Waals surface area (Å²) in [5.41, 5.74) is 6.88. The van der Waals surface area contributed by atoms with Gasteiger partial charge in [0.2, 0.25) is 0 Å². The van der Waals surface area contributed by atoms with E-state index in [1.807, 2.05) is 65.5 Å². The van der Waals surface area contributed by atoms with Crippen LogP contribution in [-0.2, 0) is 13.0 Å². The van der Waals surface area contributed by atoms with E-state index in [0.29, 0.717) is 5.69 Å². The summed E-state index contributed by atoms with van der Waals surface area (Å²) in [6.45, 7) is 3.78. The highest BCUT2D eigenvalue weighted by atomic mass is 16.2. The summed E-state index contributed by atoms with van der Waals surface area (Å²) in [5, 5.41) is 13.9. The summed E-state index contributed by atoms with van der Waals surface area (Å²) in [6, 6.07) is 18.9. The van der Waals surface area contributed by atoms with Crippen LogP contribution in [0.15, 0.2) is 73.1 Å². The van der Waals surface area contributed by atoms with Crippen molar-refractivity contribution >= 4 is 23.2 Å². The van der Waals surface area contributed by atoms with E-state index in [2.05, 4.69) is 40.1 Å². The van der Waals surface area contributed by atoms with Crippen molar-refractivity contribution in [1.82, 2.24) is 14.8 Å². The van der Waals surface area contributed by atoms with Gasteiger partial charge < -0.3 is 16.0 Å². The van der Waals surface area contributed by atoms with Crippen molar-refractivity contribution in [2.45, 2.75) is 19.9 Å². The van der Waals surface area contributed by atoms with Gasteiger partial charge in [-0.25, -0.2) is 9.78 Å². The molecule has 0 aliphatic carbocycles. The molecule has 3 N–H and O–H groups in total. The normalized spacial score (nSPS) is 12.2. The Morgan fingerprint density at radius 3 is 2.50 bits per heavy atom. The molecule has 0 saturated carbocycles. The Labute approximate surface area is 186 Å². The Morgan fingerprint density at radius 1 is 1.00 bits per heavy atom. The third-order valence-corrected chi connectivity index (χ3v) is 5.55. The topological polar surface area (TPSA) is 83.9 Å². The number of pyridine rings is 1. The molecule has 32 heavy (non-hydrogen) atoms. The number of aryl methyl sites for hydroxylation is 1. The van der Waals surface area contributed by atoms with Gasteiger partial charge in [-0.1, -0.05) is 30.3 Å². The quantitative estimate of drug-likeness (QED) is 0.409. The van der Waals surface area contributed by atoms with E-state index in [1.54, 1.807) is 0 Å². The molecule has 2 amide bonds. The molecule has 0 atom stereocenters. The van der Waals surface area contributed by atoms with E-state index in [1.165, 1.54) is 11.1 Å². The minimum Gasteiger partial charge on any atom is -0.369 e. The van der Waals surface area contributed by atoms with E-state index in [4.69, 9.17) is 5.10 Å². The van der Waals surface area contributed by atoms with E-state index < -0.39 is 0 Å². The lowest BCUT2D eigenvalue weighted by atomic mass is 9.97. The molecule has 0 fully saturated rings. The SMILES string of the molecule is CCn1cc(-c2ccnc3c2CCN3)c(-c2ccc(NC(=O)Nc3ccccc3)cc2)n1. The second-order valence-electron chi connectivity index (χ2n) is 7.63. The van der Waals surface area contributed by atoms with Gasteiger partial charge in [-0.3, -0.25) is 4.68 Å². The molecule has 0 spiro atoms. The van der Waals surface area contributed by atoms with Crippen molar-refractivity contribution in [3.8, 4) is 22.4 Å². The Balaban J connectivity index is 1.40. The molecular weight excluding hydrogens is 400 g/mol. The molecule has 160 valence electrons. The summed E-state index contributed by atoms with van der Waals surface area (Å²) in [4.78, 5) is 16.7. The Hall–Kier alpha value is -4.13. The fourth-order valence-corrected chi connectivity index (χ4v) is 3.98.